The van der Waals surface area contributed by atoms with Crippen LogP contribution in [0.4, 0.5) is 0 Å². The van der Waals surface area contributed by atoms with E-state index >= 15 is 0 Å². The molecule has 2 aliphatic heterocycles. The zero-order chi connectivity index (χ0) is 21.6. The van der Waals surface area contributed by atoms with Crippen molar-refractivity contribution in [3.8, 4) is 5.75 Å². The number of allylic oxidation sites excluding steroid dienone is 1. The monoisotopic (exact) mass is 412 g/mol. The second-order valence-corrected chi connectivity index (χ2v) is 7.14. The van der Waals surface area contributed by atoms with Gasteiger partial charge >= 0.3 is 11.9 Å². The molecule has 1 aromatic carbocycles. The zero-order valence-electron chi connectivity index (χ0n) is 16.5. The molecule has 0 aromatic heterocycles. The minimum atomic E-state index is -1.84. The SMILES string of the molecule is COC(=O)CN1C(=O)C2(C(C(=O)OC)=C(N)Oc3ccccc32)C2=C1CCCC2=O. The molecule has 9 heteroatoms. The normalized spacial score (nSPS) is 22.7. The number of fused-ring (bicyclic) bond motifs is 3. The Morgan fingerprint density at radius 3 is 2.60 bits per heavy atom. The molecule has 9 nitrogen and oxygen atoms in total. The molecule has 1 spiro atoms. The maximum Gasteiger partial charge on any atom is 0.340 e. The Bertz CT molecular complexity index is 1060. The van der Waals surface area contributed by atoms with Crippen molar-refractivity contribution in [2.75, 3.05) is 20.8 Å². The van der Waals surface area contributed by atoms with Gasteiger partial charge in [0.15, 0.2) is 5.78 Å². The summed E-state index contributed by atoms with van der Waals surface area (Å²) in [5.74, 6) is -2.53. The van der Waals surface area contributed by atoms with Gasteiger partial charge in [-0.15, -0.1) is 0 Å². The van der Waals surface area contributed by atoms with Crippen LogP contribution in [0, 0.1) is 0 Å². The molecule has 30 heavy (non-hydrogen) atoms. The summed E-state index contributed by atoms with van der Waals surface area (Å²) >= 11 is 0. The minimum Gasteiger partial charge on any atom is -0.468 e. The average Bonchev–Trinajstić information content (AvgIpc) is 2.98. The summed E-state index contributed by atoms with van der Waals surface area (Å²) in [6.45, 7) is -0.388. The number of nitrogens with two attached hydrogens (primary N) is 1. The lowest BCUT2D eigenvalue weighted by Crippen LogP contribution is -2.50. The third kappa shape index (κ3) is 2.47. The lowest BCUT2D eigenvalue weighted by atomic mass is 9.65. The van der Waals surface area contributed by atoms with Crippen LogP contribution < -0.4 is 10.5 Å². The number of esters is 2. The first-order valence-electron chi connectivity index (χ1n) is 9.39. The number of hydrogen-bond donors (Lipinski definition) is 1. The van der Waals surface area contributed by atoms with Crippen molar-refractivity contribution in [2.45, 2.75) is 24.7 Å². The van der Waals surface area contributed by atoms with E-state index in [-0.39, 0.29) is 41.5 Å². The number of methoxy groups -OCH3 is 2. The van der Waals surface area contributed by atoms with Crippen molar-refractivity contribution in [2.24, 2.45) is 5.73 Å². The van der Waals surface area contributed by atoms with Crippen molar-refractivity contribution >= 4 is 23.6 Å². The van der Waals surface area contributed by atoms with E-state index in [1.165, 1.54) is 12.0 Å². The third-order valence-corrected chi connectivity index (χ3v) is 5.69. The number of ketones is 1. The number of carbonyl (C=O) groups excluding carboxylic acids is 4. The summed E-state index contributed by atoms with van der Waals surface area (Å²) < 4.78 is 15.3. The molecule has 156 valence electrons. The number of hydrogen-bond acceptors (Lipinski definition) is 8. The molecule has 1 atom stereocenters. The van der Waals surface area contributed by atoms with Gasteiger partial charge in [0.1, 0.15) is 23.3 Å². The molecule has 2 N–H and O–H groups in total. The quantitative estimate of drug-likeness (QED) is 0.719. The zero-order valence-corrected chi connectivity index (χ0v) is 16.5. The Morgan fingerprint density at radius 2 is 1.90 bits per heavy atom. The molecule has 2 heterocycles. The summed E-state index contributed by atoms with van der Waals surface area (Å²) in [5, 5.41) is 0. The van der Waals surface area contributed by atoms with E-state index in [1.807, 2.05) is 0 Å². The molecule has 1 aromatic rings. The molecule has 4 rings (SSSR count). The highest BCUT2D eigenvalue weighted by Crippen LogP contribution is 2.56. The van der Waals surface area contributed by atoms with Gasteiger partial charge < -0.3 is 24.8 Å². The van der Waals surface area contributed by atoms with Gasteiger partial charge in [-0.2, -0.15) is 0 Å². The van der Waals surface area contributed by atoms with E-state index in [0.717, 1.165) is 7.11 Å². The number of Topliss-reactive ketones (excluding diaryl/α,β-unsaturated/α-hetero) is 1. The van der Waals surface area contributed by atoms with Crippen LogP contribution in [0.3, 0.4) is 0 Å². The molecule has 0 saturated carbocycles. The number of para-hydroxylation sites is 1. The van der Waals surface area contributed by atoms with Crippen LogP contribution in [-0.2, 0) is 34.1 Å². The van der Waals surface area contributed by atoms with E-state index in [2.05, 4.69) is 0 Å². The summed E-state index contributed by atoms with van der Waals surface area (Å²) in [6, 6.07) is 6.56. The molecular weight excluding hydrogens is 392 g/mol. The standard InChI is InChI=1S/C21H20N2O7/c1-28-15(25)10-23-12-7-5-8-13(24)16(12)21(20(23)27)11-6-3-4-9-14(11)30-18(22)17(21)19(26)29-2/h3-4,6,9H,5,7-8,10,22H2,1-2H3. The Labute approximate surface area is 172 Å². The first kappa shape index (κ1) is 19.7. The fourth-order valence-electron chi connectivity index (χ4n) is 4.51. The van der Waals surface area contributed by atoms with E-state index < -0.39 is 23.3 Å². The maximum absolute atomic E-state index is 14.0. The average molecular weight is 412 g/mol. The molecule has 0 fully saturated rings. The van der Waals surface area contributed by atoms with Crippen LogP contribution in [0.15, 0.2) is 47.0 Å². The van der Waals surface area contributed by atoms with Crippen molar-refractivity contribution in [1.82, 2.24) is 4.90 Å². The van der Waals surface area contributed by atoms with Crippen molar-refractivity contribution in [3.63, 3.8) is 0 Å². The number of nitrogens with zero attached hydrogens (tertiary/aromatic N) is 1. The van der Waals surface area contributed by atoms with Gasteiger partial charge in [-0.1, -0.05) is 18.2 Å². The number of ether oxygens (including phenoxy) is 3. The van der Waals surface area contributed by atoms with Gasteiger partial charge in [0.05, 0.1) is 14.2 Å². The lowest BCUT2D eigenvalue weighted by Gasteiger charge is -2.37. The highest BCUT2D eigenvalue weighted by Gasteiger charge is 2.64. The lowest BCUT2D eigenvalue weighted by molar-refractivity contribution is -0.146. The summed E-state index contributed by atoms with van der Waals surface area (Å²) in [7, 11) is 2.36. The van der Waals surface area contributed by atoms with Gasteiger partial charge in [0, 0.05) is 23.3 Å². The summed E-state index contributed by atoms with van der Waals surface area (Å²) in [5.41, 5.74) is 4.83. The van der Waals surface area contributed by atoms with Crippen LogP contribution in [0.5, 0.6) is 5.75 Å². The van der Waals surface area contributed by atoms with Gasteiger partial charge in [0.2, 0.25) is 11.8 Å². The highest BCUT2D eigenvalue weighted by molar-refractivity contribution is 6.19. The number of rotatable bonds is 3. The van der Waals surface area contributed by atoms with Crippen LogP contribution in [-0.4, -0.2) is 49.3 Å². The number of carbonyl (C=O) groups is 4. The Morgan fingerprint density at radius 1 is 1.17 bits per heavy atom. The first-order valence-corrected chi connectivity index (χ1v) is 9.39. The van der Waals surface area contributed by atoms with Crippen LogP contribution in [0.25, 0.3) is 0 Å². The molecule has 0 radical (unpaired) electrons. The molecular formula is C21H20N2O7. The van der Waals surface area contributed by atoms with Gasteiger partial charge in [-0.3, -0.25) is 14.4 Å². The molecule has 0 bridgehead atoms. The molecule has 0 saturated heterocycles. The summed E-state index contributed by atoms with van der Waals surface area (Å²) in [4.78, 5) is 53.2. The highest BCUT2D eigenvalue weighted by atomic mass is 16.5. The second kappa shape index (κ2) is 7.01. The van der Waals surface area contributed by atoms with Crippen molar-refractivity contribution in [1.29, 1.82) is 0 Å². The van der Waals surface area contributed by atoms with Gasteiger partial charge in [-0.05, 0) is 18.9 Å². The van der Waals surface area contributed by atoms with Crippen LogP contribution in [0.1, 0.15) is 24.8 Å². The summed E-state index contributed by atoms with van der Waals surface area (Å²) in [6.07, 6.45) is 1.11. The van der Waals surface area contributed by atoms with Crippen LogP contribution >= 0.6 is 0 Å². The topological polar surface area (TPSA) is 125 Å². The predicted molar refractivity (Wildman–Crippen MR) is 102 cm³/mol. The molecule has 1 aliphatic carbocycles. The van der Waals surface area contributed by atoms with E-state index in [1.54, 1.807) is 24.3 Å². The molecule has 3 aliphatic rings. The van der Waals surface area contributed by atoms with Gasteiger partial charge in [-0.25, -0.2) is 4.79 Å². The van der Waals surface area contributed by atoms with E-state index in [9.17, 15) is 19.2 Å². The van der Waals surface area contributed by atoms with E-state index in [4.69, 9.17) is 19.9 Å². The fourth-order valence-corrected chi connectivity index (χ4v) is 4.51. The van der Waals surface area contributed by atoms with Crippen molar-refractivity contribution < 1.29 is 33.4 Å². The first-order chi connectivity index (χ1) is 14.4. The Balaban J connectivity index is 2.08. The number of benzene rings is 1. The van der Waals surface area contributed by atoms with E-state index in [0.29, 0.717) is 24.1 Å². The fraction of sp³-hybridized carbons (Fsp3) is 0.333. The molecule has 1 unspecified atom stereocenters. The smallest absolute Gasteiger partial charge is 0.340 e. The number of amides is 1. The Hall–Kier alpha value is -3.62. The Kier molecular flexibility index (Phi) is 4.60. The van der Waals surface area contributed by atoms with Gasteiger partial charge in [0.25, 0.3) is 0 Å². The minimum absolute atomic E-state index is 0.141. The van der Waals surface area contributed by atoms with Crippen LogP contribution in [0.2, 0.25) is 0 Å². The third-order valence-electron chi connectivity index (χ3n) is 5.69. The molecule has 1 amide bonds. The maximum atomic E-state index is 14.0. The largest absolute Gasteiger partial charge is 0.468 e. The van der Waals surface area contributed by atoms with Crippen molar-refractivity contribution in [3.05, 3.63) is 52.6 Å². The predicted octanol–water partition coefficient (Wildman–Crippen LogP) is 0.682. The second-order valence-electron chi connectivity index (χ2n) is 7.14.